The van der Waals surface area contributed by atoms with Gasteiger partial charge in [0, 0.05) is 17.4 Å². The van der Waals surface area contributed by atoms with Crippen LogP contribution in [-0.4, -0.2) is 28.8 Å². The lowest BCUT2D eigenvalue weighted by Gasteiger charge is -2.10. The van der Waals surface area contributed by atoms with Gasteiger partial charge in [0.15, 0.2) is 0 Å². The van der Waals surface area contributed by atoms with E-state index in [0.717, 1.165) is 42.0 Å². The van der Waals surface area contributed by atoms with Crippen LogP contribution in [0, 0.1) is 13.8 Å². The summed E-state index contributed by atoms with van der Waals surface area (Å²) >= 11 is 1.77. The molecule has 1 saturated carbocycles. The zero-order valence-corrected chi connectivity index (χ0v) is 11.7. The largest absolute Gasteiger partial charge is 0.314 e. The monoisotopic (exact) mass is 251 g/mol. The van der Waals surface area contributed by atoms with E-state index >= 15 is 0 Å². The Morgan fingerprint density at radius 1 is 1.24 bits per heavy atom. The van der Waals surface area contributed by atoms with E-state index in [1.54, 1.807) is 11.8 Å². The maximum Gasteiger partial charge on any atom is 0.138 e. The number of rotatable bonds is 6. The van der Waals surface area contributed by atoms with E-state index in [4.69, 9.17) is 0 Å². The molecule has 94 valence electrons. The first-order valence-corrected chi connectivity index (χ1v) is 7.65. The van der Waals surface area contributed by atoms with Crippen LogP contribution in [0.25, 0.3) is 0 Å². The molecule has 1 N–H and O–H groups in total. The molecule has 1 aliphatic carbocycles. The van der Waals surface area contributed by atoms with Gasteiger partial charge in [-0.1, -0.05) is 0 Å². The van der Waals surface area contributed by atoms with Crippen molar-refractivity contribution >= 4 is 11.8 Å². The van der Waals surface area contributed by atoms with E-state index in [1.807, 2.05) is 0 Å². The van der Waals surface area contributed by atoms with Crippen LogP contribution in [0.1, 0.15) is 35.6 Å². The van der Waals surface area contributed by atoms with Gasteiger partial charge in [-0.2, -0.15) is 11.8 Å². The Balaban J connectivity index is 1.99. The van der Waals surface area contributed by atoms with Gasteiger partial charge >= 0.3 is 0 Å². The van der Waals surface area contributed by atoms with Crippen LogP contribution in [0.2, 0.25) is 0 Å². The van der Waals surface area contributed by atoms with Gasteiger partial charge in [-0.15, -0.1) is 0 Å². The third-order valence-electron chi connectivity index (χ3n) is 3.13. The molecule has 0 saturated heterocycles. The van der Waals surface area contributed by atoms with Gasteiger partial charge in [0.25, 0.3) is 0 Å². The molecule has 4 heteroatoms. The average Bonchev–Trinajstić information content (AvgIpc) is 3.06. The molecule has 0 bridgehead atoms. The van der Waals surface area contributed by atoms with Gasteiger partial charge in [-0.25, -0.2) is 9.97 Å². The number of aromatic nitrogens is 2. The highest BCUT2D eigenvalue weighted by atomic mass is 32.2. The molecule has 1 heterocycles. The number of thioether (sulfide) groups is 1. The lowest BCUT2D eigenvalue weighted by Crippen LogP contribution is -2.20. The van der Waals surface area contributed by atoms with Gasteiger partial charge in [0.2, 0.25) is 0 Å². The van der Waals surface area contributed by atoms with E-state index in [1.165, 1.54) is 18.4 Å². The quantitative estimate of drug-likeness (QED) is 0.841. The summed E-state index contributed by atoms with van der Waals surface area (Å²) in [5.74, 6) is 1.87. The molecule has 1 aromatic rings. The van der Waals surface area contributed by atoms with Crippen LogP contribution in [0.4, 0.5) is 0 Å². The lowest BCUT2D eigenvalue weighted by atomic mass is 10.1. The fraction of sp³-hybridized carbons (Fsp3) is 0.692. The standard InChI is InChI=1S/C13H21N3S/c1-9-12(6-7-14-11-4-5-11)10(2)16-13(15-9)8-17-3/h11,14H,4-8H2,1-3H3. The second-order valence-electron chi connectivity index (χ2n) is 4.70. The molecule has 0 atom stereocenters. The number of nitrogens with one attached hydrogen (secondary N) is 1. The van der Waals surface area contributed by atoms with E-state index in [0.29, 0.717) is 0 Å². The first kappa shape index (κ1) is 12.8. The van der Waals surface area contributed by atoms with Crippen LogP contribution >= 0.6 is 11.8 Å². The van der Waals surface area contributed by atoms with Crippen molar-refractivity contribution in [3.63, 3.8) is 0 Å². The minimum Gasteiger partial charge on any atom is -0.314 e. The smallest absolute Gasteiger partial charge is 0.138 e. The Labute approximate surface area is 108 Å². The summed E-state index contributed by atoms with van der Waals surface area (Å²) in [7, 11) is 0. The highest BCUT2D eigenvalue weighted by Gasteiger charge is 2.20. The molecular weight excluding hydrogens is 230 g/mol. The molecular formula is C13H21N3S. The summed E-state index contributed by atoms with van der Waals surface area (Å²) in [6.45, 7) is 5.26. The molecule has 0 spiro atoms. The number of nitrogens with zero attached hydrogens (tertiary/aromatic N) is 2. The molecule has 0 radical (unpaired) electrons. The Morgan fingerprint density at radius 2 is 1.88 bits per heavy atom. The second-order valence-corrected chi connectivity index (χ2v) is 5.57. The first-order chi connectivity index (χ1) is 8.20. The van der Waals surface area contributed by atoms with Crippen molar-refractivity contribution in [2.75, 3.05) is 12.8 Å². The molecule has 1 aromatic heterocycles. The molecule has 0 amide bonds. The summed E-state index contributed by atoms with van der Waals surface area (Å²) in [4.78, 5) is 9.15. The number of hydrogen-bond donors (Lipinski definition) is 1. The fourth-order valence-electron chi connectivity index (χ4n) is 2.05. The van der Waals surface area contributed by atoms with Crippen molar-refractivity contribution < 1.29 is 0 Å². The highest BCUT2D eigenvalue weighted by molar-refractivity contribution is 7.97. The molecule has 3 nitrogen and oxygen atoms in total. The predicted octanol–water partition coefficient (Wildman–Crippen LogP) is 2.25. The van der Waals surface area contributed by atoms with E-state index < -0.39 is 0 Å². The Hall–Kier alpha value is -0.610. The van der Waals surface area contributed by atoms with Crippen molar-refractivity contribution in [2.45, 2.75) is 44.9 Å². The van der Waals surface area contributed by atoms with Gasteiger partial charge in [0.1, 0.15) is 5.82 Å². The molecule has 0 unspecified atom stereocenters. The van der Waals surface area contributed by atoms with Gasteiger partial charge in [-0.3, -0.25) is 0 Å². The minimum absolute atomic E-state index is 0.785. The summed E-state index contributed by atoms with van der Waals surface area (Å²) in [5, 5.41) is 3.54. The maximum absolute atomic E-state index is 4.58. The topological polar surface area (TPSA) is 37.8 Å². The molecule has 0 aliphatic heterocycles. The second kappa shape index (κ2) is 5.83. The summed E-state index contributed by atoms with van der Waals surface area (Å²) in [6, 6.07) is 0.785. The van der Waals surface area contributed by atoms with E-state index in [2.05, 4.69) is 35.4 Å². The average molecular weight is 251 g/mol. The van der Waals surface area contributed by atoms with Crippen molar-refractivity contribution in [3.8, 4) is 0 Å². The fourth-order valence-corrected chi connectivity index (χ4v) is 2.44. The minimum atomic E-state index is 0.785. The summed E-state index contributed by atoms with van der Waals surface area (Å²) < 4.78 is 0. The normalized spacial score (nSPS) is 15.2. The van der Waals surface area contributed by atoms with Crippen LogP contribution in [0.5, 0.6) is 0 Å². The van der Waals surface area contributed by atoms with Crippen LogP contribution in [-0.2, 0) is 12.2 Å². The van der Waals surface area contributed by atoms with E-state index in [9.17, 15) is 0 Å². The Bertz CT molecular complexity index is 365. The third kappa shape index (κ3) is 3.68. The number of aryl methyl sites for hydroxylation is 2. The summed E-state index contributed by atoms with van der Waals surface area (Å²) in [5.41, 5.74) is 3.63. The zero-order chi connectivity index (χ0) is 12.3. The molecule has 2 rings (SSSR count). The van der Waals surface area contributed by atoms with Gasteiger partial charge < -0.3 is 5.32 Å². The van der Waals surface area contributed by atoms with E-state index in [-0.39, 0.29) is 0 Å². The van der Waals surface area contributed by atoms with Crippen molar-refractivity contribution in [1.82, 2.24) is 15.3 Å². The first-order valence-electron chi connectivity index (χ1n) is 6.26. The number of hydrogen-bond acceptors (Lipinski definition) is 4. The molecule has 0 aromatic carbocycles. The Kier molecular flexibility index (Phi) is 4.40. The molecule has 17 heavy (non-hydrogen) atoms. The summed E-state index contributed by atoms with van der Waals surface area (Å²) in [6.07, 6.45) is 5.83. The van der Waals surface area contributed by atoms with Crippen LogP contribution in [0.15, 0.2) is 0 Å². The van der Waals surface area contributed by atoms with Crippen molar-refractivity contribution in [3.05, 3.63) is 22.8 Å². The predicted molar refractivity (Wildman–Crippen MR) is 73.5 cm³/mol. The van der Waals surface area contributed by atoms with Gasteiger partial charge in [0.05, 0.1) is 5.75 Å². The van der Waals surface area contributed by atoms with Crippen LogP contribution < -0.4 is 5.32 Å². The molecule has 1 aliphatic rings. The SMILES string of the molecule is CSCc1nc(C)c(CCNC2CC2)c(C)n1. The molecule has 1 fully saturated rings. The lowest BCUT2D eigenvalue weighted by molar-refractivity contribution is 0.674. The zero-order valence-electron chi connectivity index (χ0n) is 10.9. The van der Waals surface area contributed by atoms with Crippen molar-refractivity contribution in [1.29, 1.82) is 0 Å². The highest BCUT2D eigenvalue weighted by Crippen LogP contribution is 2.19. The van der Waals surface area contributed by atoms with Gasteiger partial charge in [-0.05, 0) is 51.5 Å². The Morgan fingerprint density at radius 3 is 2.41 bits per heavy atom. The van der Waals surface area contributed by atoms with Crippen LogP contribution in [0.3, 0.4) is 0 Å². The maximum atomic E-state index is 4.58. The van der Waals surface area contributed by atoms with Crippen molar-refractivity contribution in [2.24, 2.45) is 0 Å². The third-order valence-corrected chi connectivity index (χ3v) is 3.67.